The van der Waals surface area contributed by atoms with E-state index in [-0.39, 0.29) is 5.91 Å². The lowest BCUT2D eigenvalue weighted by molar-refractivity contribution is 0.0158. The Bertz CT molecular complexity index is 540. The molecule has 2 saturated heterocycles. The van der Waals surface area contributed by atoms with Crippen molar-refractivity contribution in [3.8, 4) is 0 Å². The van der Waals surface area contributed by atoms with E-state index >= 15 is 0 Å². The molecular weight excluding hydrogens is 284 g/mol. The zero-order chi connectivity index (χ0) is 16.4. The van der Waals surface area contributed by atoms with E-state index < -0.39 is 0 Å². The molecule has 0 radical (unpaired) electrons. The predicted octanol–water partition coefficient (Wildman–Crippen LogP) is 3.77. The van der Waals surface area contributed by atoms with Gasteiger partial charge < -0.3 is 5.32 Å². The highest BCUT2D eigenvalue weighted by Crippen LogP contribution is 2.34. The number of hydrogen-bond donors (Lipinski definition) is 1. The third-order valence-electron chi connectivity index (χ3n) is 5.43. The first kappa shape index (κ1) is 16.5. The third-order valence-corrected chi connectivity index (χ3v) is 5.43. The summed E-state index contributed by atoms with van der Waals surface area (Å²) < 4.78 is 0. The quantitative estimate of drug-likeness (QED) is 0.917. The first-order chi connectivity index (χ1) is 11.0. The van der Waals surface area contributed by atoms with Crippen LogP contribution in [0.2, 0.25) is 0 Å². The molecule has 0 aromatic heterocycles. The van der Waals surface area contributed by atoms with Gasteiger partial charge >= 0.3 is 0 Å². The van der Waals surface area contributed by atoms with Crippen molar-refractivity contribution in [3.05, 3.63) is 35.4 Å². The standard InChI is InChI=1S/C20H30N2O/c1-14(2)13-22-17-8-6-9-18(22)12-16(11-17)21-20(23)19-10-5-4-7-15(19)3/h4-5,7,10,14,16-18H,6,8-9,11-13H2,1-3H3,(H,21,23)/t17-,18-/m1/s1. The average molecular weight is 314 g/mol. The fraction of sp³-hybridized carbons (Fsp3) is 0.650. The van der Waals surface area contributed by atoms with Crippen molar-refractivity contribution in [2.45, 2.75) is 71.0 Å². The number of carbonyl (C=O) groups is 1. The number of hydrogen-bond acceptors (Lipinski definition) is 2. The summed E-state index contributed by atoms with van der Waals surface area (Å²) in [5, 5.41) is 3.31. The van der Waals surface area contributed by atoms with E-state index in [1.165, 1.54) is 25.8 Å². The highest BCUT2D eigenvalue weighted by Gasteiger charge is 2.38. The van der Waals surface area contributed by atoms with E-state index in [1.54, 1.807) is 0 Å². The molecule has 0 saturated carbocycles. The second kappa shape index (κ2) is 7.04. The number of piperidine rings is 2. The molecule has 2 aliphatic heterocycles. The first-order valence-corrected chi connectivity index (χ1v) is 9.17. The van der Waals surface area contributed by atoms with Crippen molar-refractivity contribution in [2.75, 3.05) is 6.54 Å². The monoisotopic (exact) mass is 314 g/mol. The van der Waals surface area contributed by atoms with Gasteiger partial charge in [-0.25, -0.2) is 0 Å². The molecule has 1 aromatic rings. The largest absolute Gasteiger partial charge is 0.349 e. The van der Waals surface area contributed by atoms with Gasteiger partial charge in [-0.3, -0.25) is 9.69 Å². The van der Waals surface area contributed by atoms with Crippen LogP contribution in [0.15, 0.2) is 24.3 Å². The van der Waals surface area contributed by atoms with Crippen LogP contribution in [0, 0.1) is 12.8 Å². The van der Waals surface area contributed by atoms with E-state index in [9.17, 15) is 4.79 Å². The number of benzene rings is 1. The lowest BCUT2D eigenvalue weighted by Crippen LogP contribution is -2.57. The smallest absolute Gasteiger partial charge is 0.251 e. The number of nitrogens with one attached hydrogen (secondary N) is 1. The number of rotatable bonds is 4. The fourth-order valence-corrected chi connectivity index (χ4v) is 4.41. The van der Waals surface area contributed by atoms with Gasteiger partial charge in [0.25, 0.3) is 5.91 Å². The Labute approximate surface area is 140 Å². The van der Waals surface area contributed by atoms with Crippen LogP contribution in [-0.4, -0.2) is 35.5 Å². The molecule has 1 N–H and O–H groups in total. The van der Waals surface area contributed by atoms with Gasteiger partial charge in [-0.1, -0.05) is 38.5 Å². The number of amides is 1. The van der Waals surface area contributed by atoms with Crippen LogP contribution in [0.3, 0.4) is 0 Å². The Morgan fingerprint density at radius 1 is 1.22 bits per heavy atom. The van der Waals surface area contributed by atoms with Gasteiger partial charge in [-0.05, 0) is 50.2 Å². The molecule has 2 heterocycles. The van der Waals surface area contributed by atoms with Crippen LogP contribution >= 0.6 is 0 Å². The molecule has 3 nitrogen and oxygen atoms in total. The van der Waals surface area contributed by atoms with E-state index in [0.717, 1.165) is 29.9 Å². The van der Waals surface area contributed by atoms with E-state index in [0.29, 0.717) is 18.1 Å². The highest BCUT2D eigenvalue weighted by atomic mass is 16.1. The molecule has 3 heteroatoms. The van der Waals surface area contributed by atoms with Gasteiger partial charge in [0.2, 0.25) is 0 Å². The summed E-state index contributed by atoms with van der Waals surface area (Å²) in [7, 11) is 0. The minimum atomic E-state index is 0.100. The van der Waals surface area contributed by atoms with Crippen LogP contribution in [0.25, 0.3) is 0 Å². The summed E-state index contributed by atoms with van der Waals surface area (Å²) in [4.78, 5) is 15.3. The summed E-state index contributed by atoms with van der Waals surface area (Å²) >= 11 is 0. The van der Waals surface area contributed by atoms with Gasteiger partial charge in [0, 0.05) is 30.2 Å². The van der Waals surface area contributed by atoms with Gasteiger partial charge in [0.1, 0.15) is 0 Å². The highest BCUT2D eigenvalue weighted by molar-refractivity contribution is 5.95. The molecule has 23 heavy (non-hydrogen) atoms. The number of nitrogens with zero attached hydrogens (tertiary/aromatic N) is 1. The van der Waals surface area contributed by atoms with Crippen molar-refractivity contribution in [1.82, 2.24) is 10.2 Å². The summed E-state index contributed by atoms with van der Waals surface area (Å²) in [5.74, 6) is 0.819. The Kier molecular flexibility index (Phi) is 5.05. The number of aryl methyl sites for hydroxylation is 1. The molecule has 126 valence electrons. The zero-order valence-corrected chi connectivity index (χ0v) is 14.7. The second-order valence-corrected chi connectivity index (χ2v) is 7.79. The molecular formula is C20H30N2O. The summed E-state index contributed by atoms with van der Waals surface area (Å²) in [5.41, 5.74) is 1.88. The summed E-state index contributed by atoms with van der Waals surface area (Å²) in [6.45, 7) is 7.83. The lowest BCUT2D eigenvalue weighted by Gasteiger charge is -2.49. The predicted molar refractivity (Wildman–Crippen MR) is 94.6 cm³/mol. The fourth-order valence-electron chi connectivity index (χ4n) is 4.41. The topological polar surface area (TPSA) is 32.3 Å². The van der Waals surface area contributed by atoms with Crippen molar-refractivity contribution in [3.63, 3.8) is 0 Å². The van der Waals surface area contributed by atoms with Gasteiger partial charge in [-0.2, -0.15) is 0 Å². The maximum atomic E-state index is 12.6. The SMILES string of the molecule is Cc1ccccc1C(=O)NC1C[C@H]2CCC[C@H](C1)N2CC(C)C. The van der Waals surface area contributed by atoms with Crippen LogP contribution in [-0.2, 0) is 0 Å². The van der Waals surface area contributed by atoms with Crippen LogP contribution < -0.4 is 5.32 Å². The summed E-state index contributed by atoms with van der Waals surface area (Å²) in [6.07, 6.45) is 6.16. The Balaban J connectivity index is 1.65. The van der Waals surface area contributed by atoms with Crippen LogP contribution in [0.5, 0.6) is 0 Å². The van der Waals surface area contributed by atoms with Gasteiger partial charge in [-0.15, -0.1) is 0 Å². The van der Waals surface area contributed by atoms with Gasteiger partial charge in [0.15, 0.2) is 0 Å². The van der Waals surface area contributed by atoms with E-state index in [2.05, 4.69) is 24.1 Å². The minimum absolute atomic E-state index is 0.100. The lowest BCUT2D eigenvalue weighted by atomic mass is 9.81. The Morgan fingerprint density at radius 2 is 1.87 bits per heavy atom. The molecule has 2 aliphatic rings. The molecule has 2 atom stereocenters. The van der Waals surface area contributed by atoms with Crippen LogP contribution in [0.1, 0.15) is 61.9 Å². The zero-order valence-electron chi connectivity index (χ0n) is 14.7. The van der Waals surface area contributed by atoms with Crippen molar-refractivity contribution in [2.24, 2.45) is 5.92 Å². The number of carbonyl (C=O) groups excluding carboxylic acids is 1. The first-order valence-electron chi connectivity index (χ1n) is 9.17. The minimum Gasteiger partial charge on any atom is -0.349 e. The van der Waals surface area contributed by atoms with E-state index in [4.69, 9.17) is 0 Å². The molecule has 0 aliphatic carbocycles. The van der Waals surface area contributed by atoms with Crippen LogP contribution in [0.4, 0.5) is 0 Å². The third kappa shape index (κ3) is 3.77. The van der Waals surface area contributed by atoms with Crippen molar-refractivity contribution < 1.29 is 4.79 Å². The molecule has 1 amide bonds. The average Bonchev–Trinajstić information content (AvgIpc) is 2.47. The summed E-state index contributed by atoms with van der Waals surface area (Å²) in [6, 6.07) is 9.52. The molecule has 2 fully saturated rings. The van der Waals surface area contributed by atoms with Gasteiger partial charge in [0.05, 0.1) is 0 Å². The Morgan fingerprint density at radius 3 is 2.48 bits per heavy atom. The maximum Gasteiger partial charge on any atom is 0.251 e. The normalized spacial score (nSPS) is 27.9. The molecule has 0 spiro atoms. The Hall–Kier alpha value is -1.35. The van der Waals surface area contributed by atoms with E-state index in [1.807, 2.05) is 31.2 Å². The van der Waals surface area contributed by atoms with Crippen molar-refractivity contribution >= 4 is 5.91 Å². The molecule has 3 rings (SSSR count). The maximum absolute atomic E-state index is 12.6. The van der Waals surface area contributed by atoms with Crippen molar-refractivity contribution in [1.29, 1.82) is 0 Å². The molecule has 0 unspecified atom stereocenters. The number of fused-ring (bicyclic) bond motifs is 2. The molecule has 2 bridgehead atoms. The second-order valence-electron chi connectivity index (χ2n) is 7.79. The molecule has 1 aromatic carbocycles.